The average molecular weight is 1650 g/mol. The number of fused-ring (bicyclic) bond motifs is 3. The molecule has 95 heavy (non-hydrogen) atoms. The van der Waals surface area contributed by atoms with Crippen molar-refractivity contribution in [2.45, 2.75) is 13.1 Å². The van der Waals surface area contributed by atoms with Crippen LogP contribution in [0.2, 0.25) is 15.1 Å². The van der Waals surface area contributed by atoms with Crippen LogP contribution < -0.4 is 137 Å². The largest absolute Gasteiger partial charge is 1.00 e. The summed E-state index contributed by atoms with van der Waals surface area (Å²) in [5, 5.41) is 28.9. The fraction of sp³-hybridized carbons (Fsp3) is 0.295. The minimum atomic E-state index is -0.181. The zero-order valence-corrected chi connectivity index (χ0v) is 65.9. The van der Waals surface area contributed by atoms with E-state index in [2.05, 4.69) is 105 Å². The zero-order valence-electron chi connectivity index (χ0n) is 53.3. The number of alkyl halides is 1. The van der Waals surface area contributed by atoms with Crippen molar-refractivity contribution in [3.63, 3.8) is 0 Å². The second-order valence-corrected chi connectivity index (χ2v) is 23.9. The number of hydrogen-bond acceptors (Lipinski definition) is 20. The molecular formula is C61H62Cl4I2K2N16O10. The number of amides is 3. The summed E-state index contributed by atoms with van der Waals surface area (Å²) in [6, 6.07) is 28.6. The smallest absolute Gasteiger partial charge is 1.00 e. The summed E-state index contributed by atoms with van der Waals surface area (Å²) < 4.78 is 26.4. The van der Waals surface area contributed by atoms with Crippen LogP contribution in [-0.2, 0) is 37.2 Å². The number of rotatable bonds is 13. The van der Waals surface area contributed by atoms with Gasteiger partial charge >= 0.3 is 103 Å². The van der Waals surface area contributed by atoms with Crippen molar-refractivity contribution in [2.75, 3.05) is 120 Å². The fourth-order valence-corrected chi connectivity index (χ4v) is 12.2. The van der Waals surface area contributed by atoms with Crippen LogP contribution in [0.3, 0.4) is 0 Å². The molecule has 3 aliphatic rings. The quantitative estimate of drug-likeness (QED) is 0.0434. The molecule has 0 spiro atoms. The first-order valence-electron chi connectivity index (χ1n) is 28.7. The Morgan fingerprint density at radius 2 is 0.989 bits per heavy atom. The Hall–Kier alpha value is -4.74. The maximum atomic E-state index is 13.0. The number of ether oxygens (including phenoxy) is 3. The third-order valence-electron chi connectivity index (χ3n) is 15.0. The van der Waals surface area contributed by atoms with Crippen LogP contribution in [0.5, 0.6) is 17.2 Å². The van der Waals surface area contributed by atoms with E-state index in [4.69, 9.17) is 75.1 Å². The number of nitrogens with one attached hydrogen (secondary N) is 1. The van der Waals surface area contributed by atoms with E-state index in [0.29, 0.717) is 88.8 Å². The van der Waals surface area contributed by atoms with Gasteiger partial charge < -0.3 is 59.6 Å². The number of anilines is 3. The Bertz CT molecular complexity index is 4160. The van der Waals surface area contributed by atoms with Gasteiger partial charge in [0.15, 0.2) is 22.6 Å². The summed E-state index contributed by atoms with van der Waals surface area (Å²) >= 11 is 28.2. The van der Waals surface area contributed by atoms with Crippen molar-refractivity contribution >= 4 is 166 Å². The Morgan fingerprint density at radius 1 is 0.579 bits per heavy atom. The van der Waals surface area contributed by atoms with Gasteiger partial charge in [-0.25, -0.2) is 29.3 Å². The normalized spacial score (nSPS) is 13.5. The summed E-state index contributed by atoms with van der Waals surface area (Å²) in [6.45, 7) is 8.57. The van der Waals surface area contributed by atoms with Gasteiger partial charge in [-0.3, -0.25) is 24.3 Å². The van der Waals surface area contributed by atoms with Crippen LogP contribution in [0.4, 0.5) is 17.1 Å². The number of benzene rings is 3. The second-order valence-electron chi connectivity index (χ2n) is 20.3. The predicted molar refractivity (Wildman–Crippen MR) is 369 cm³/mol. The number of carbonyl (C=O) groups is 4. The molecule has 0 radical (unpaired) electrons. The molecule has 34 heteroatoms. The van der Waals surface area contributed by atoms with Gasteiger partial charge in [-0.1, -0.05) is 34.8 Å². The van der Waals surface area contributed by atoms with Gasteiger partial charge in [0.25, 0.3) is 6.47 Å². The Morgan fingerprint density at radius 3 is 1.40 bits per heavy atom. The predicted octanol–water partition coefficient (Wildman–Crippen LogP) is 2.50. The number of hydrogen-bond donors (Lipinski definition) is 1. The van der Waals surface area contributed by atoms with E-state index in [1.807, 2.05) is 101 Å². The van der Waals surface area contributed by atoms with E-state index in [9.17, 15) is 14.4 Å². The van der Waals surface area contributed by atoms with Crippen LogP contribution in [0.25, 0.3) is 44.7 Å². The van der Waals surface area contributed by atoms with E-state index in [-0.39, 0.29) is 147 Å². The zero-order chi connectivity index (χ0) is 66.0. The second kappa shape index (κ2) is 38.6. The van der Waals surface area contributed by atoms with E-state index in [1.165, 1.54) is 6.26 Å². The van der Waals surface area contributed by atoms with Crippen LogP contribution in [0.15, 0.2) is 126 Å². The number of oxazole rings is 1. The van der Waals surface area contributed by atoms with E-state index in [1.54, 1.807) is 60.4 Å². The molecule has 3 fully saturated rings. The molecular weight excluding hydrogens is 1590 g/mol. The van der Waals surface area contributed by atoms with Gasteiger partial charge in [-0.15, -0.1) is 11.6 Å². The Labute approximate surface area is 680 Å². The molecule has 3 amide bonds. The van der Waals surface area contributed by atoms with Gasteiger partial charge in [0.1, 0.15) is 49.9 Å². The molecule has 3 aliphatic heterocycles. The van der Waals surface area contributed by atoms with Crippen molar-refractivity contribution in [1.82, 2.24) is 64.4 Å². The van der Waals surface area contributed by atoms with Crippen LogP contribution in [0.1, 0.15) is 1.43 Å². The van der Waals surface area contributed by atoms with Crippen molar-refractivity contribution < 1.29 is 152 Å². The number of pyridine rings is 3. The summed E-state index contributed by atoms with van der Waals surface area (Å²) in [5.74, 6) is 2.46. The number of halogens is 6. The monoisotopic (exact) mass is 1650 g/mol. The summed E-state index contributed by atoms with van der Waals surface area (Å²) in [6.07, 6.45) is 8.21. The minimum absolute atomic E-state index is 0. The standard InChI is InChI=1S/C22H21ClN6O3.C19H19ClIN5O2.C13H16Cl2N2O2.C6H4IN3.CH2O3.2K.H/c1-31-18-13-15(4-5-17(18)23)27-8-10-28(11-9-27)19(30)14-29-21-16(3-2-6-24-21)20(26-29)22-25-7-12-32-22;1-28-16-11-13(4-5-15(16)20)24-7-9-25(10-8-24)17(27)12-26-19-14(18(21)23-26)3-2-6-22-19;1-19-12-8-10(2-3-11(12)15)16-4-6-17(7-5-16)13(18)9-14;7-5-4-2-1-3-8-6(4)10-9-5;2-1-4-3;;;/h2-7,12-13H,8-11,14H2,1H3;2-6,11H,7-10,12H2,1H3;2-3,8H,4-7,9H2,1H3;1-3H,(H,8,9,10);1,3H;;;/q;;;;;2*+1;-1/p-1. The first-order chi connectivity index (χ1) is 45.1. The van der Waals surface area contributed by atoms with Crippen molar-refractivity contribution in [3.05, 3.63) is 145 Å². The number of methoxy groups -OCH3 is 3. The Kier molecular flexibility index (Phi) is 31.5. The maximum absolute atomic E-state index is 13.0. The van der Waals surface area contributed by atoms with E-state index < -0.39 is 0 Å². The first kappa shape index (κ1) is 77.6. The van der Waals surface area contributed by atoms with Gasteiger partial charge in [-0.05, 0) is 118 Å². The average Bonchev–Trinajstić information content (AvgIpc) is 1.69. The molecule has 0 aliphatic carbocycles. The molecule has 1 N–H and O–H groups in total. The number of H-pyrrole nitrogens is 1. The van der Waals surface area contributed by atoms with E-state index >= 15 is 0 Å². The molecule has 26 nitrogen and oxygen atoms in total. The van der Waals surface area contributed by atoms with Gasteiger partial charge in [0.2, 0.25) is 23.6 Å². The number of aromatic nitrogens is 10. The van der Waals surface area contributed by atoms with Crippen LogP contribution >= 0.6 is 91.6 Å². The maximum Gasteiger partial charge on any atom is 1.00 e. The summed E-state index contributed by atoms with van der Waals surface area (Å²) in [7, 11) is 4.81. The molecule has 7 aromatic heterocycles. The summed E-state index contributed by atoms with van der Waals surface area (Å²) in [4.78, 5) is 77.8. The molecule has 490 valence electrons. The van der Waals surface area contributed by atoms with Crippen molar-refractivity contribution in [1.29, 1.82) is 0 Å². The molecule has 0 unspecified atom stereocenters. The molecule has 0 bridgehead atoms. The van der Waals surface area contributed by atoms with Crippen molar-refractivity contribution in [3.8, 4) is 28.8 Å². The van der Waals surface area contributed by atoms with E-state index in [0.717, 1.165) is 91.2 Å². The molecule has 0 saturated carbocycles. The van der Waals surface area contributed by atoms with Crippen LogP contribution in [-0.4, -0.2) is 194 Å². The molecule has 13 rings (SSSR count). The van der Waals surface area contributed by atoms with Gasteiger partial charge in [-0.2, -0.15) is 15.3 Å². The summed E-state index contributed by atoms with van der Waals surface area (Å²) in [5.41, 5.74) is 5.85. The third kappa shape index (κ3) is 20.5. The molecule has 0 atom stereocenters. The SMILES string of the molecule is COc1cc(N2CCN(C(=O)CCl)CC2)ccc1Cl.COc1cc(N2CCN(C(=O)Cn3nc(-c4ncco4)c4cccnc43)CC2)ccc1Cl.COc1cc(N2CCN(C(=O)Cn3nc(I)c4cccnc43)CC2)ccc1Cl.Ic1[nH]nc2ncccc12.O=CO[O-].[H-].[K+].[K+]. The molecule has 3 saturated heterocycles. The molecule has 10 heterocycles. The number of aromatic amines is 1. The first-order valence-corrected chi connectivity index (χ1v) is 32.5. The van der Waals surface area contributed by atoms with Crippen molar-refractivity contribution in [2.24, 2.45) is 0 Å². The molecule has 10 aromatic rings. The topological polar surface area (TPSA) is 277 Å². The molecule has 3 aromatic carbocycles. The Balaban J connectivity index is 0.000000208. The number of carbonyl (C=O) groups excluding carboxylic acids is 4. The van der Waals surface area contributed by atoms with Crippen LogP contribution in [0, 0.1) is 7.40 Å². The third-order valence-corrected chi connectivity index (χ3v) is 17.8. The number of piperazine rings is 3. The van der Waals surface area contributed by atoms with Gasteiger partial charge in [0.05, 0.1) is 58.8 Å². The fourth-order valence-electron chi connectivity index (χ4n) is 10.2. The van der Waals surface area contributed by atoms with Gasteiger partial charge in [0, 0.05) is 132 Å². The number of nitrogens with zero attached hydrogens (tertiary/aromatic N) is 15. The minimum Gasteiger partial charge on any atom is -1.00 e.